The normalized spacial score (nSPS) is 15.8. The van der Waals surface area contributed by atoms with E-state index in [-0.39, 0.29) is 24.0 Å². The molecule has 7 nitrogen and oxygen atoms in total. The summed E-state index contributed by atoms with van der Waals surface area (Å²) < 4.78 is 14.9. The summed E-state index contributed by atoms with van der Waals surface area (Å²) in [6.45, 7) is 10.5. The highest BCUT2D eigenvalue weighted by molar-refractivity contribution is 4.75. The third-order valence-electron chi connectivity index (χ3n) is 4.16. The summed E-state index contributed by atoms with van der Waals surface area (Å²) in [5.74, 6) is 0. The Morgan fingerprint density at radius 3 is 1.88 bits per heavy atom. The van der Waals surface area contributed by atoms with E-state index >= 15 is 0 Å². The molecule has 0 saturated carbocycles. The van der Waals surface area contributed by atoms with Gasteiger partial charge in [-0.05, 0) is 19.3 Å². The Morgan fingerprint density at radius 2 is 1.48 bits per heavy atom. The maximum Gasteiger partial charge on any atom is 0.146 e. The fourth-order valence-corrected chi connectivity index (χ4v) is 1.69. The molecule has 25 heavy (non-hydrogen) atoms. The van der Waals surface area contributed by atoms with Crippen LogP contribution in [0.25, 0.3) is 0 Å². The van der Waals surface area contributed by atoms with Crippen LogP contribution in [-0.4, -0.2) is 70.9 Å². The van der Waals surface area contributed by atoms with Gasteiger partial charge in [0.2, 0.25) is 0 Å². The van der Waals surface area contributed by atoms with Gasteiger partial charge in [-0.1, -0.05) is 27.7 Å². The molecule has 0 aliphatic rings. The van der Waals surface area contributed by atoms with E-state index in [1.165, 1.54) is 0 Å². The van der Waals surface area contributed by atoms with E-state index in [1.54, 1.807) is 14.2 Å². The van der Waals surface area contributed by atoms with Crippen molar-refractivity contribution >= 4 is 0 Å². The van der Waals surface area contributed by atoms with Gasteiger partial charge in [-0.2, -0.15) is 0 Å². The van der Waals surface area contributed by atoms with E-state index in [4.69, 9.17) is 29.1 Å². The van der Waals surface area contributed by atoms with Gasteiger partial charge in [0.25, 0.3) is 0 Å². The van der Waals surface area contributed by atoms with Crippen molar-refractivity contribution in [3.63, 3.8) is 0 Å². The Kier molecular flexibility index (Phi) is 18.5. The van der Waals surface area contributed by atoms with Gasteiger partial charge in [0.15, 0.2) is 0 Å². The van der Waals surface area contributed by atoms with Crippen LogP contribution in [0.15, 0.2) is 0 Å². The second-order valence-electron chi connectivity index (χ2n) is 6.61. The van der Waals surface area contributed by atoms with E-state index in [2.05, 4.69) is 0 Å². The van der Waals surface area contributed by atoms with E-state index < -0.39 is 0 Å². The molecule has 0 aromatic carbocycles. The highest BCUT2D eigenvalue weighted by Gasteiger charge is 2.28. The average molecular weight is 369 g/mol. The molecule has 0 aliphatic carbocycles. The Hall–Kier alpha value is -0.280. The van der Waals surface area contributed by atoms with E-state index in [0.29, 0.717) is 33.2 Å². The number of hydrogen-bond donors (Lipinski definition) is 2. The Morgan fingerprint density at radius 1 is 0.800 bits per heavy atom. The van der Waals surface area contributed by atoms with Crippen molar-refractivity contribution in [1.82, 2.24) is 0 Å². The maximum atomic E-state index is 9.25. The van der Waals surface area contributed by atoms with Crippen LogP contribution in [0.5, 0.6) is 0 Å². The van der Waals surface area contributed by atoms with Gasteiger partial charge >= 0.3 is 0 Å². The van der Waals surface area contributed by atoms with Crippen LogP contribution < -0.4 is 0 Å². The number of ether oxygens (including phenoxy) is 3. The first-order valence-electron chi connectivity index (χ1n) is 8.94. The third kappa shape index (κ3) is 13.6. The third-order valence-corrected chi connectivity index (χ3v) is 4.16. The number of methoxy groups -OCH3 is 2. The zero-order valence-electron chi connectivity index (χ0n) is 17.0. The molecule has 0 heterocycles. The molecule has 2 N–H and O–H groups in total. The van der Waals surface area contributed by atoms with Crippen LogP contribution in [0, 0.1) is 10.8 Å². The lowest BCUT2D eigenvalue weighted by Gasteiger charge is -2.28. The van der Waals surface area contributed by atoms with Gasteiger partial charge in [0, 0.05) is 25.0 Å². The number of hydrogen-bond acceptors (Lipinski definition) is 7. The van der Waals surface area contributed by atoms with Crippen molar-refractivity contribution in [2.24, 2.45) is 10.8 Å². The molecule has 0 rings (SSSR count). The monoisotopic (exact) mass is 368 g/mol. The molecule has 2 unspecified atom stereocenters. The molecule has 0 aliphatic heterocycles. The maximum absolute atomic E-state index is 9.25. The van der Waals surface area contributed by atoms with Crippen LogP contribution in [-0.2, 0) is 24.0 Å². The van der Waals surface area contributed by atoms with E-state index in [0.717, 1.165) is 19.3 Å². The summed E-state index contributed by atoms with van der Waals surface area (Å²) in [6.07, 6.45) is 2.63. The van der Waals surface area contributed by atoms with E-state index in [1.807, 2.05) is 27.7 Å². The second-order valence-corrected chi connectivity index (χ2v) is 6.61. The van der Waals surface area contributed by atoms with Gasteiger partial charge in [-0.15, -0.1) is 0 Å². The van der Waals surface area contributed by atoms with Gasteiger partial charge in [-0.25, -0.2) is 9.78 Å². The summed E-state index contributed by atoms with van der Waals surface area (Å²) in [6, 6.07) is 0. The zero-order chi connectivity index (χ0) is 19.6. The van der Waals surface area contributed by atoms with Gasteiger partial charge in [-0.3, -0.25) is 0 Å². The van der Waals surface area contributed by atoms with Gasteiger partial charge in [0.1, 0.15) is 6.79 Å². The van der Waals surface area contributed by atoms with Crippen molar-refractivity contribution in [1.29, 1.82) is 0 Å². The van der Waals surface area contributed by atoms with Gasteiger partial charge < -0.3 is 24.4 Å². The highest BCUT2D eigenvalue weighted by atomic mass is 17.2. The lowest BCUT2D eigenvalue weighted by atomic mass is 9.88. The molecule has 0 bridgehead atoms. The van der Waals surface area contributed by atoms with Crippen LogP contribution in [0.2, 0.25) is 0 Å². The number of aliphatic hydroxyl groups excluding tert-OH is 2. The first-order chi connectivity index (χ1) is 11.9. The minimum Gasteiger partial charge on any atom is -0.396 e. The Bertz CT molecular complexity index is 266. The molecule has 154 valence electrons. The topological polar surface area (TPSA) is 86.6 Å². The van der Waals surface area contributed by atoms with Crippen molar-refractivity contribution in [3.8, 4) is 0 Å². The lowest BCUT2D eigenvalue weighted by molar-refractivity contribution is -0.314. The van der Waals surface area contributed by atoms with Crippen LogP contribution in [0.3, 0.4) is 0 Å². The summed E-state index contributed by atoms with van der Waals surface area (Å²) >= 11 is 0. The molecule has 0 aromatic heterocycles. The smallest absolute Gasteiger partial charge is 0.146 e. The van der Waals surface area contributed by atoms with Gasteiger partial charge in [0.05, 0.1) is 39.6 Å². The van der Waals surface area contributed by atoms with Crippen LogP contribution in [0.4, 0.5) is 0 Å². The van der Waals surface area contributed by atoms with Crippen LogP contribution >= 0.6 is 0 Å². The van der Waals surface area contributed by atoms with Crippen molar-refractivity contribution in [2.45, 2.75) is 47.0 Å². The minimum atomic E-state index is -0.331. The number of rotatable bonds is 15. The predicted octanol–water partition coefficient (Wildman–Crippen LogP) is 2.40. The quantitative estimate of drug-likeness (QED) is 0.199. The summed E-state index contributed by atoms with van der Waals surface area (Å²) in [7, 11) is 3.20. The zero-order valence-corrected chi connectivity index (χ0v) is 17.0. The van der Waals surface area contributed by atoms with Crippen molar-refractivity contribution < 1.29 is 34.2 Å². The SMILES string of the molecule is CCC(C)(CO)COCOC.CCCOOCC(CC)(CO)COC. The summed E-state index contributed by atoms with van der Waals surface area (Å²) in [4.78, 5) is 9.96. The van der Waals surface area contributed by atoms with Crippen molar-refractivity contribution in [3.05, 3.63) is 0 Å². The standard InChI is InChI=1S/C10H22O4.C8H18O3/c1-4-6-13-14-9-10(5-2,7-11)8-12-3;1-4-8(2,5-9)6-11-7-10-3/h11H,4-9H2,1-3H3;9H,4-7H2,1-3H3. The second kappa shape index (κ2) is 17.1. The average Bonchev–Trinajstić information content (AvgIpc) is 2.65. The van der Waals surface area contributed by atoms with Crippen LogP contribution in [0.1, 0.15) is 47.0 Å². The first kappa shape index (κ1) is 26.9. The molecular weight excluding hydrogens is 328 g/mol. The summed E-state index contributed by atoms with van der Waals surface area (Å²) in [5, 5.41) is 18.2. The first-order valence-corrected chi connectivity index (χ1v) is 8.94. The fraction of sp³-hybridized carbons (Fsp3) is 1.00. The molecule has 0 aromatic rings. The largest absolute Gasteiger partial charge is 0.396 e. The van der Waals surface area contributed by atoms with E-state index in [9.17, 15) is 5.11 Å². The number of aliphatic hydroxyl groups is 2. The molecule has 2 atom stereocenters. The summed E-state index contributed by atoms with van der Waals surface area (Å²) in [5.41, 5.74) is -0.443. The highest BCUT2D eigenvalue weighted by Crippen LogP contribution is 2.22. The Labute approximate surface area is 153 Å². The molecule has 0 saturated heterocycles. The molecular formula is C18H40O7. The molecule has 7 heteroatoms. The fourth-order valence-electron chi connectivity index (χ4n) is 1.69. The van der Waals surface area contributed by atoms with Crippen molar-refractivity contribution in [2.75, 3.05) is 60.7 Å². The molecule has 0 fully saturated rings. The lowest BCUT2D eigenvalue weighted by Crippen LogP contribution is -2.35. The molecule has 0 radical (unpaired) electrons. The molecule has 0 amide bonds. The predicted molar refractivity (Wildman–Crippen MR) is 97.2 cm³/mol. The molecule has 0 spiro atoms. The minimum absolute atomic E-state index is 0.0484. The Balaban J connectivity index is 0.